The Morgan fingerprint density at radius 2 is 2.27 bits per heavy atom. The number of ether oxygens (including phenoxy) is 1. The van der Waals surface area contributed by atoms with Gasteiger partial charge < -0.3 is 15.8 Å². The zero-order valence-corrected chi connectivity index (χ0v) is 9.04. The Hall–Kier alpha value is -1.55. The van der Waals surface area contributed by atoms with Gasteiger partial charge in [0.2, 0.25) is 0 Å². The molecule has 0 heterocycles. The van der Waals surface area contributed by atoms with E-state index in [2.05, 4.69) is 10.1 Å². The zero-order valence-electron chi connectivity index (χ0n) is 9.04. The second kappa shape index (κ2) is 5.36. The predicted octanol–water partition coefficient (Wildman–Crippen LogP) is 1.16. The van der Waals surface area contributed by atoms with Crippen molar-refractivity contribution in [1.29, 1.82) is 0 Å². The minimum atomic E-state index is -0.340. The van der Waals surface area contributed by atoms with Crippen LogP contribution in [0.2, 0.25) is 0 Å². The van der Waals surface area contributed by atoms with Crippen LogP contribution in [0.1, 0.15) is 22.8 Å². The van der Waals surface area contributed by atoms with Crippen LogP contribution >= 0.6 is 0 Å². The maximum atomic E-state index is 11.3. The topological polar surface area (TPSA) is 64.3 Å². The van der Waals surface area contributed by atoms with E-state index in [0.29, 0.717) is 17.8 Å². The van der Waals surface area contributed by atoms with Crippen molar-refractivity contribution in [2.75, 3.05) is 19.4 Å². The minimum Gasteiger partial charge on any atom is -0.465 e. The number of anilines is 1. The lowest BCUT2D eigenvalue weighted by Crippen LogP contribution is -2.14. The molecule has 0 unspecified atom stereocenters. The highest BCUT2D eigenvalue weighted by molar-refractivity contribution is 5.90. The summed E-state index contributed by atoms with van der Waals surface area (Å²) < 4.78 is 4.64. The fraction of sp³-hybridized carbons (Fsp3) is 0.364. The lowest BCUT2D eigenvalue weighted by Gasteiger charge is -2.07. The Morgan fingerprint density at radius 1 is 1.53 bits per heavy atom. The van der Waals surface area contributed by atoms with Gasteiger partial charge in [-0.2, -0.15) is 0 Å². The van der Waals surface area contributed by atoms with Gasteiger partial charge in [-0.3, -0.25) is 0 Å². The predicted molar refractivity (Wildman–Crippen MR) is 59.6 cm³/mol. The molecule has 0 aliphatic heterocycles. The summed E-state index contributed by atoms with van der Waals surface area (Å²) in [5.41, 5.74) is 7.91. The molecule has 1 aromatic carbocycles. The molecule has 0 atom stereocenters. The molecule has 0 saturated heterocycles. The largest absolute Gasteiger partial charge is 0.465 e. The second-order valence-corrected chi connectivity index (χ2v) is 3.19. The van der Waals surface area contributed by atoms with Gasteiger partial charge in [-0.15, -0.1) is 0 Å². The molecule has 0 fully saturated rings. The van der Waals surface area contributed by atoms with Crippen molar-refractivity contribution in [3.63, 3.8) is 0 Å². The van der Waals surface area contributed by atoms with E-state index in [0.717, 1.165) is 12.1 Å². The Morgan fingerprint density at radius 3 is 2.87 bits per heavy atom. The first-order chi connectivity index (χ1) is 7.19. The molecule has 0 radical (unpaired) electrons. The van der Waals surface area contributed by atoms with Gasteiger partial charge in [-0.25, -0.2) is 4.79 Å². The van der Waals surface area contributed by atoms with Crippen molar-refractivity contribution in [3.8, 4) is 0 Å². The van der Waals surface area contributed by atoms with Gasteiger partial charge in [0, 0.05) is 12.2 Å². The fourth-order valence-electron chi connectivity index (χ4n) is 1.26. The number of rotatable bonds is 4. The third-order valence-corrected chi connectivity index (χ3v) is 2.13. The SMILES string of the molecule is CCNCc1cc(C(=O)OC)ccc1N. The van der Waals surface area contributed by atoms with E-state index in [1.54, 1.807) is 18.2 Å². The van der Waals surface area contributed by atoms with E-state index >= 15 is 0 Å². The molecule has 0 bridgehead atoms. The first-order valence-electron chi connectivity index (χ1n) is 4.86. The molecule has 0 aliphatic rings. The maximum Gasteiger partial charge on any atom is 0.337 e. The molecule has 82 valence electrons. The van der Waals surface area contributed by atoms with Crippen LogP contribution in [-0.2, 0) is 11.3 Å². The van der Waals surface area contributed by atoms with E-state index < -0.39 is 0 Å². The molecule has 3 N–H and O–H groups in total. The number of nitrogen functional groups attached to an aromatic ring is 1. The highest BCUT2D eigenvalue weighted by Gasteiger charge is 2.07. The standard InChI is InChI=1S/C11H16N2O2/c1-3-13-7-9-6-8(11(14)15-2)4-5-10(9)12/h4-6,13H,3,7,12H2,1-2H3. The van der Waals surface area contributed by atoms with Crippen LogP contribution in [0.3, 0.4) is 0 Å². The van der Waals surface area contributed by atoms with Crippen LogP contribution < -0.4 is 11.1 Å². The van der Waals surface area contributed by atoms with Crippen molar-refractivity contribution in [1.82, 2.24) is 5.32 Å². The van der Waals surface area contributed by atoms with E-state index in [9.17, 15) is 4.79 Å². The number of hydrogen-bond donors (Lipinski definition) is 2. The molecule has 4 nitrogen and oxygen atoms in total. The molecule has 0 aromatic heterocycles. The summed E-state index contributed by atoms with van der Waals surface area (Å²) in [6.45, 7) is 3.54. The number of carbonyl (C=O) groups excluding carboxylic acids is 1. The van der Waals surface area contributed by atoms with Crippen molar-refractivity contribution in [2.45, 2.75) is 13.5 Å². The molecule has 1 aromatic rings. The van der Waals surface area contributed by atoms with Crippen LogP contribution in [-0.4, -0.2) is 19.6 Å². The van der Waals surface area contributed by atoms with E-state index in [4.69, 9.17) is 5.73 Å². The Balaban J connectivity index is 2.89. The molecule has 1 rings (SSSR count). The van der Waals surface area contributed by atoms with E-state index in [1.807, 2.05) is 6.92 Å². The van der Waals surface area contributed by atoms with Crippen molar-refractivity contribution in [2.24, 2.45) is 0 Å². The van der Waals surface area contributed by atoms with Gasteiger partial charge in [0.15, 0.2) is 0 Å². The minimum absolute atomic E-state index is 0.340. The molecule has 4 heteroatoms. The number of hydrogen-bond acceptors (Lipinski definition) is 4. The summed E-state index contributed by atoms with van der Waals surface area (Å²) >= 11 is 0. The molecule has 0 saturated carbocycles. The van der Waals surface area contributed by atoms with Crippen LogP contribution in [0.4, 0.5) is 5.69 Å². The van der Waals surface area contributed by atoms with Gasteiger partial charge >= 0.3 is 5.97 Å². The van der Waals surface area contributed by atoms with E-state index in [1.165, 1.54) is 7.11 Å². The number of benzene rings is 1. The van der Waals surface area contributed by atoms with E-state index in [-0.39, 0.29) is 5.97 Å². The highest BCUT2D eigenvalue weighted by atomic mass is 16.5. The number of nitrogens with one attached hydrogen (secondary N) is 1. The summed E-state index contributed by atoms with van der Waals surface area (Å²) in [5.74, 6) is -0.340. The molecular formula is C11H16N2O2. The zero-order chi connectivity index (χ0) is 11.3. The number of nitrogens with two attached hydrogens (primary N) is 1. The average molecular weight is 208 g/mol. The van der Waals surface area contributed by atoms with Gasteiger partial charge in [-0.05, 0) is 30.3 Å². The number of esters is 1. The summed E-state index contributed by atoms with van der Waals surface area (Å²) in [4.78, 5) is 11.3. The van der Waals surface area contributed by atoms with Gasteiger partial charge in [0.05, 0.1) is 12.7 Å². The Labute approximate surface area is 89.4 Å². The second-order valence-electron chi connectivity index (χ2n) is 3.19. The molecular weight excluding hydrogens is 192 g/mol. The van der Waals surface area contributed by atoms with Crippen molar-refractivity contribution >= 4 is 11.7 Å². The summed E-state index contributed by atoms with van der Waals surface area (Å²) in [6.07, 6.45) is 0. The summed E-state index contributed by atoms with van der Waals surface area (Å²) in [7, 11) is 1.36. The monoisotopic (exact) mass is 208 g/mol. The molecule has 0 aliphatic carbocycles. The highest BCUT2D eigenvalue weighted by Crippen LogP contribution is 2.14. The quantitative estimate of drug-likeness (QED) is 0.575. The lowest BCUT2D eigenvalue weighted by atomic mass is 10.1. The Kier molecular flexibility index (Phi) is 4.12. The summed E-state index contributed by atoms with van der Waals surface area (Å²) in [5, 5.41) is 3.16. The summed E-state index contributed by atoms with van der Waals surface area (Å²) in [6, 6.07) is 5.14. The third kappa shape index (κ3) is 2.95. The van der Waals surface area contributed by atoms with Crippen LogP contribution in [0.25, 0.3) is 0 Å². The van der Waals surface area contributed by atoms with Gasteiger partial charge in [-0.1, -0.05) is 6.92 Å². The maximum absolute atomic E-state index is 11.3. The number of methoxy groups -OCH3 is 1. The first-order valence-corrected chi connectivity index (χ1v) is 4.86. The Bertz CT molecular complexity index is 350. The molecule has 0 amide bonds. The number of carbonyl (C=O) groups is 1. The smallest absolute Gasteiger partial charge is 0.337 e. The molecule has 15 heavy (non-hydrogen) atoms. The van der Waals surface area contributed by atoms with Crippen LogP contribution in [0.5, 0.6) is 0 Å². The average Bonchev–Trinajstić information content (AvgIpc) is 2.27. The fourth-order valence-corrected chi connectivity index (χ4v) is 1.26. The lowest BCUT2D eigenvalue weighted by molar-refractivity contribution is 0.0600. The normalized spacial score (nSPS) is 10.0. The van der Waals surface area contributed by atoms with Crippen molar-refractivity contribution in [3.05, 3.63) is 29.3 Å². The van der Waals surface area contributed by atoms with Gasteiger partial charge in [0.1, 0.15) is 0 Å². The third-order valence-electron chi connectivity index (χ3n) is 2.13. The molecule has 0 spiro atoms. The van der Waals surface area contributed by atoms with Gasteiger partial charge in [0.25, 0.3) is 0 Å². The van der Waals surface area contributed by atoms with Crippen molar-refractivity contribution < 1.29 is 9.53 Å². The van der Waals surface area contributed by atoms with Crippen LogP contribution in [0, 0.1) is 0 Å². The first kappa shape index (κ1) is 11.5. The van der Waals surface area contributed by atoms with Crippen LogP contribution in [0.15, 0.2) is 18.2 Å².